The molecule has 9 nitrogen and oxygen atoms in total. The molecule has 0 bridgehead atoms. The fraction of sp³-hybridized carbons (Fsp3) is 0.652. The van der Waals surface area contributed by atoms with Crippen molar-refractivity contribution in [2.24, 2.45) is 4.99 Å². The molecule has 1 saturated carbocycles. The van der Waals surface area contributed by atoms with Gasteiger partial charge in [-0.1, -0.05) is 6.07 Å². The normalized spacial score (nSPS) is 19.6. The van der Waals surface area contributed by atoms with Crippen molar-refractivity contribution < 1.29 is 9.53 Å². The Morgan fingerprint density at radius 3 is 2.56 bits per heavy atom. The Hall–Kier alpha value is -2.84. The molecule has 1 aliphatic rings. The summed E-state index contributed by atoms with van der Waals surface area (Å²) in [5.74, 6) is 1.81. The number of ether oxygens (including phenoxy) is 1. The number of rotatable bonds is 7. The summed E-state index contributed by atoms with van der Waals surface area (Å²) in [5, 5.41) is 18.4. The molecule has 2 aromatic heterocycles. The monoisotopic (exact) mass is 443 g/mol. The summed E-state index contributed by atoms with van der Waals surface area (Å²) in [6.07, 6.45) is 7.21. The molecule has 0 spiro atoms. The predicted octanol–water partition coefficient (Wildman–Crippen LogP) is 3.05. The van der Waals surface area contributed by atoms with Crippen LogP contribution in [-0.4, -0.2) is 57.4 Å². The van der Waals surface area contributed by atoms with Gasteiger partial charge in [0.15, 0.2) is 11.6 Å². The van der Waals surface area contributed by atoms with Crippen LogP contribution in [0.25, 0.3) is 5.65 Å². The number of carbonyl (C=O) groups is 1. The Morgan fingerprint density at radius 1 is 1.16 bits per heavy atom. The van der Waals surface area contributed by atoms with E-state index < -0.39 is 5.60 Å². The number of hydrogen-bond donors (Lipinski definition) is 3. The largest absolute Gasteiger partial charge is 0.444 e. The van der Waals surface area contributed by atoms with Crippen molar-refractivity contribution in [1.29, 1.82) is 0 Å². The number of nitrogens with zero attached hydrogens (tertiary/aromatic N) is 4. The second-order valence-corrected chi connectivity index (χ2v) is 9.25. The van der Waals surface area contributed by atoms with Crippen molar-refractivity contribution in [1.82, 2.24) is 30.5 Å². The number of aryl methyl sites for hydroxylation is 1. The second kappa shape index (κ2) is 11.2. The highest BCUT2D eigenvalue weighted by molar-refractivity contribution is 5.80. The van der Waals surface area contributed by atoms with Crippen molar-refractivity contribution in [3.05, 3.63) is 30.2 Å². The van der Waals surface area contributed by atoms with Crippen molar-refractivity contribution in [2.45, 2.75) is 83.9 Å². The summed E-state index contributed by atoms with van der Waals surface area (Å²) < 4.78 is 7.39. The minimum absolute atomic E-state index is 0.167. The van der Waals surface area contributed by atoms with Crippen molar-refractivity contribution in [2.75, 3.05) is 13.1 Å². The molecule has 0 aliphatic heterocycles. The number of hydrogen-bond acceptors (Lipinski definition) is 5. The van der Waals surface area contributed by atoms with Gasteiger partial charge in [0.2, 0.25) is 0 Å². The molecule has 2 heterocycles. The third kappa shape index (κ3) is 7.39. The Labute approximate surface area is 190 Å². The number of nitrogens with one attached hydrogen (secondary N) is 3. The average molecular weight is 444 g/mol. The Balaban J connectivity index is 1.42. The maximum absolute atomic E-state index is 12.0. The van der Waals surface area contributed by atoms with E-state index in [1.807, 2.05) is 49.6 Å². The van der Waals surface area contributed by atoms with Gasteiger partial charge in [-0.15, -0.1) is 10.2 Å². The SMILES string of the molecule is CCNC(=NCCCc1nnc2ccccn12)NC1CCC(NC(=O)OC(C)(C)C)CC1. The fourth-order valence-corrected chi connectivity index (χ4v) is 3.86. The summed E-state index contributed by atoms with van der Waals surface area (Å²) in [5.41, 5.74) is 0.402. The zero-order chi connectivity index (χ0) is 23.0. The first kappa shape index (κ1) is 23.8. The van der Waals surface area contributed by atoms with E-state index in [4.69, 9.17) is 9.73 Å². The topological polar surface area (TPSA) is 105 Å². The minimum Gasteiger partial charge on any atom is -0.444 e. The predicted molar refractivity (Wildman–Crippen MR) is 126 cm³/mol. The Morgan fingerprint density at radius 2 is 1.88 bits per heavy atom. The summed E-state index contributed by atoms with van der Waals surface area (Å²) >= 11 is 0. The van der Waals surface area contributed by atoms with Gasteiger partial charge in [0.05, 0.1) is 0 Å². The molecule has 9 heteroatoms. The Bertz CT molecular complexity index is 895. The van der Waals surface area contributed by atoms with E-state index in [2.05, 4.69) is 33.1 Å². The molecular weight excluding hydrogens is 406 g/mol. The number of fused-ring (bicyclic) bond motifs is 1. The highest BCUT2D eigenvalue weighted by atomic mass is 16.6. The number of amides is 1. The van der Waals surface area contributed by atoms with Crippen LogP contribution in [0.1, 0.15) is 65.6 Å². The van der Waals surface area contributed by atoms with E-state index in [0.29, 0.717) is 12.6 Å². The zero-order valence-electron chi connectivity index (χ0n) is 19.7. The summed E-state index contributed by atoms with van der Waals surface area (Å²) in [6.45, 7) is 9.24. The van der Waals surface area contributed by atoms with Crippen LogP contribution in [0, 0.1) is 0 Å². The standard InChI is InChI=1S/C23H37N7O2/c1-5-24-21(25-15-8-10-20-29-28-19-9-6-7-16-30(19)20)26-17-11-13-18(14-12-17)27-22(31)32-23(2,3)4/h6-7,9,16-18H,5,8,10-15H2,1-4H3,(H,27,31)(H2,24,25,26). The molecule has 32 heavy (non-hydrogen) atoms. The maximum Gasteiger partial charge on any atom is 0.407 e. The van der Waals surface area contributed by atoms with Crippen LogP contribution in [-0.2, 0) is 11.2 Å². The fourth-order valence-electron chi connectivity index (χ4n) is 3.86. The number of guanidine groups is 1. The first-order valence-electron chi connectivity index (χ1n) is 11.7. The number of carbonyl (C=O) groups excluding carboxylic acids is 1. The van der Waals surface area contributed by atoms with E-state index >= 15 is 0 Å². The van der Waals surface area contributed by atoms with Crippen molar-refractivity contribution in [3.8, 4) is 0 Å². The van der Waals surface area contributed by atoms with Gasteiger partial charge < -0.3 is 20.7 Å². The lowest BCUT2D eigenvalue weighted by Crippen LogP contribution is -2.48. The van der Waals surface area contributed by atoms with Crippen LogP contribution in [0.2, 0.25) is 0 Å². The maximum atomic E-state index is 12.0. The van der Waals surface area contributed by atoms with Gasteiger partial charge in [-0.05, 0) is 71.9 Å². The molecule has 0 atom stereocenters. The number of aromatic nitrogens is 3. The van der Waals surface area contributed by atoms with E-state index in [1.54, 1.807) is 0 Å². The van der Waals surface area contributed by atoms with Gasteiger partial charge >= 0.3 is 6.09 Å². The molecule has 176 valence electrons. The molecule has 1 aliphatic carbocycles. The highest BCUT2D eigenvalue weighted by Gasteiger charge is 2.25. The van der Waals surface area contributed by atoms with Crippen LogP contribution < -0.4 is 16.0 Å². The molecule has 2 aromatic rings. The summed E-state index contributed by atoms with van der Waals surface area (Å²) in [6, 6.07) is 6.43. The molecule has 1 fully saturated rings. The third-order valence-electron chi connectivity index (χ3n) is 5.35. The number of alkyl carbamates (subject to hydrolysis) is 1. The smallest absolute Gasteiger partial charge is 0.407 e. The molecule has 1 amide bonds. The quantitative estimate of drug-likeness (QED) is 0.345. The molecular formula is C23H37N7O2. The van der Waals surface area contributed by atoms with Gasteiger partial charge in [-0.25, -0.2) is 4.79 Å². The van der Waals surface area contributed by atoms with Gasteiger partial charge in [-0.2, -0.15) is 0 Å². The lowest BCUT2D eigenvalue weighted by atomic mass is 9.91. The van der Waals surface area contributed by atoms with Crippen LogP contribution in [0.4, 0.5) is 4.79 Å². The van der Waals surface area contributed by atoms with Gasteiger partial charge in [-0.3, -0.25) is 9.39 Å². The molecule has 0 unspecified atom stereocenters. The van der Waals surface area contributed by atoms with E-state index in [0.717, 1.165) is 62.5 Å². The van der Waals surface area contributed by atoms with Crippen molar-refractivity contribution in [3.63, 3.8) is 0 Å². The van der Waals surface area contributed by atoms with Crippen LogP contribution in [0.15, 0.2) is 29.4 Å². The van der Waals surface area contributed by atoms with E-state index in [-0.39, 0.29) is 12.1 Å². The third-order valence-corrected chi connectivity index (χ3v) is 5.35. The van der Waals surface area contributed by atoms with Gasteiger partial charge in [0.1, 0.15) is 11.4 Å². The summed E-state index contributed by atoms with van der Waals surface area (Å²) in [7, 11) is 0. The first-order valence-corrected chi connectivity index (χ1v) is 11.7. The second-order valence-electron chi connectivity index (χ2n) is 9.25. The average Bonchev–Trinajstić information content (AvgIpc) is 3.14. The van der Waals surface area contributed by atoms with E-state index in [9.17, 15) is 4.79 Å². The van der Waals surface area contributed by atoms with Gasteiger partial charge in [0.25, 0.3) is 0 Å². The highest BCUT2D eigenvalue weighted by Crippen LogP contribution is 2.19. The van der Waals surface area contributed by atoms with E-state index in [1.165, 1.54) is 0 Å². The number of pyridine rings is 1. The molecule has 0 radical (unpaired) electrons. The lowest BCUT2D eigenvalue weighted by Gasteiger charge is -2.31. The summed E-state index contributed by atoms with van der Waals surface area (Å²) in [4.78, 5) is 16.7. The molecule has 0 aromatic carbocycles. The molecule has 0 saturated heterocycles. The van der Waals surface area contributed by atoms with Crippen LogP contribution >= 0.6 is 0 Å². The zero-order valence-corrected chi connectivity index (χ0v) is 19.7. The molecule has 3 rings (SSSR count). The van der Waals surface area contributed by atoms with Crippen molar-refractivity contribution >= 4 is 17.7 Å². The molecule has 3 N–H and O–H groups in total. The van der Waals surface area contributed by atoms with Crippen LogP contribution in [0.5, 0.6) is 0 Å². The van der Waals surface area contributed by atoms with Crippen LogP contribution in [0.3, 0.4) is 0 Å². The lowest BCUT2D eigenvalue weighted by molar-refractivity contribution is 0.0490. The number of aliphatic imine (C=N–C) groups is 1. The minimum atomic E-state index is -0.471. The Kier molecular flexibility index (Phi) is 8.30. The first-order chi connectivity index (χ1) is 15.3. The van der Waals surface area contributed by atoms with Gasteiger partial charge in [0, 0.05) is 37.8 Å².